The standard InChI is InChI=1S/C18H19Cl2N3O/c1-12-3-2-8-23(11-12)18(24)17-7-5-14(10-21-17)22-16-6-4-13(19)9-15(16)20/h4-7,9-10,12,22H,2-3,8,11H2,1H3. The number of hydrogen-bond donors (Lipinski definition) is 1. The largest absolute Gasteiger partial charge is 0.353 e. The van der Waals surface area contributed by atoms with Gasteiger partial charge < -0.3 is 10.2 Å². The molecule has 6 heteroatoms. The predicted molar refractivity (Wildman–Crippen MR) is 98.3 cm³/mol. The minimum absolute atomic E-state index is 0.00220. The molecule has 24 heavy (non-hydrogen) atoms. The molecule has 1 aromatic carbocycles. The summed E-state index contributed by atoms with van der Waals surface area (Å²) in [7, 11) is 0. The first-order valence-electron chi connectivity index (χ1n) is 8.00. The van der Waals surface area contributed by atoms with Crippen molar-refractivity contribution in [1.82, 2.24) is 9.88 Å². The van der Waals surface area contributed by atoms with E-state index in [0.29, 0.717) is 21.7 Å². The smallest absolute Gasteiger partial charge is 0.272 e. The summed E-state index contributed by atoms with van der Waals surface area (Å²) < 4.78 is 0. The number of nitrogens with zero attached hydrogens (tertiary/aromatic N) is 2. The first-order valence-corrected chi connectivity index (χ1v) is 8.76. The van der Waals surface area contributed by atoms with E-state index in [1.165, 1.54) is 6.42 Å². The summed E-state index contributed by atoms with van der Waals surface area (Å²) in [4.78, 5) is 18.7. The number of carbonyl (C=O) groups is 1. The number of amides is 1. The number of hydrogen-bond acceptors (Lipinski definition) is 3. The third kappa shape index (κ3) is 4.00. The fraction of sp³-hybridized carbons (Fsp3) is 0.333. The fourth-order valence-corrected chi connectivity index (χ4v) is 3.33. The molecule has 1 aromatic heterocycles. The van der Waals surface area contributed by atoms with Gasteiger partial charge in [0.1, 0.15) is 5.69 Å². The second-order valence-corrected chi connectivity index (χ2v) is 7.02. The van der Waals surface area contributed by atoms with E-state index in [-0.39, 0.29) is 5.91 Å². The number of aromatic nitrogens is 1. The van der Waals surface area contributed by atoms with Crippen LogP contribution in [0.1, 0.15) is 30.3 Å². The molecule has 1 atom stereocenters. The van der Waals surface area contributed by atoms with Crippen LogP contribution >= 0.6 is 23.2 Å². The molecular formula is C18H19Cl2N3O. The van der Waals surface area contributed by atoms with Crippen LogP contribution in [0.15, 0.2) is 36.5 Å². The molecular weight excluding hydrogens is 345 g/mol. The minimum Gasteiger partial charge on any atom is -0.353 e. The number of halogens is 2. The number of nitrogens with one attached hydrogen (secondary N) is 1. The Morgan fingerprint density at radius 3 is 2.79 bits per heavy atom. The first-order chi connectivity index (χ1) is 11.5. The lowest BCUT2D eigenvalue weighted by Gasteiger charge is -2.30. The number of benzene rings is 1. The van der Waals surface area contributed by atoms with Gasteiger partial charge in [-0.25, -0.2) is 4.98 Å². The topological polar surface area (TPSA) is 45.2 Å². The van der Waals surface area contributed by atoms with Crippen molar-refractivity contribution in [2.75, 3.05) is 18.4 Å². The summed E-state index contributed by atoms with van der Waals surface area (Å²) in [6.45, 7) is 3.79. The Kier molecular flexibility index (Phi) is 5.27. The summed E-state index contributed by atoms with van der Waals surface area (Å²) in [5.41, 5.74) is 1.98. The zero-order valence-corrected chi connectivity index (χ0v) is 14.9. The van der Waals surface area contributed by atoms with Gasteiger partial charge >= 0.3 is 0 Å². The van der Waals surface area contributed by atoms with Gasteiger partial charge in [-0.2, -0.15) is 0 Å². The third-order valence-corrected chi connectivity index (χ3v) is 4.68. The Balaban J connectivity index is 1.69. The average molecular weight is 364 g/mol. The molecule has 126 valence electrons. The molecule has 4 nitrogen and oxygen atoms in total. The highest BCUT2D eigenvalue weighted by Gasteiger charge is 2.22. The lowest BCUT2D eigenvalue weighted by molar-refractivity contribution is 0.0677. The van der Waals surface area contributed by atoms with Crippen LogP contribution < -0.4 is 5.32 Å². The molecule has 0 aliphatic carbocycles. The van der Waals surface area contributed by atoms with Gasteiger partial charge in [-0.1, -0.05) is 30.1 Å². The zero-order valence-electron chi connectivity index (χ0n) is 13.4. The van der Waals surface area contributed by atoms with Crippen molar-refractivity contribution in [3.8, 4) is 0 Å². The van der Waals surface area contributed by atoms with E-state index < -0.39 is 0 Å². The van der Waals surface area contributed by atoms with Crippen LogP contribution in [0.4, 0.5) is 11.4 Å². The van der Waals surface area contributed by atoms with E-state index in [4.69, 9.17) is 23.2 Å². The maximum Gasteiger partial charge on any atom is 0.272 e. The molecule has 0 saturated carbocycles. The van der Waals surface area contributed by atoms with E-state index >= 15 is 0 Å². The molecule has 1 fully saturated rings. The number of likely N-dealkylation sites (tertiary alicyclic amines) is 1. The van der Waals surface area contributed by atoms with Crippen molar-refractivity contribution in [2.45, 2.75) is 19.8 Å². The summed E-state index contributed by atoms with van der Waals surface area (Å²) in [6.07, 6.45) is 3.88. The lowest BCUT2D eigenvalue weighted by Crippen LogP contribution is -2.39. The molecule has 0 radical (unpaired) electrons. The van der Waals surface area contributed by atoms with Gasteiger partial charge in [0.2, 0.25) is 0 Å². The van der Waals surface area contributed by atoms with Crippen molar-refractivity contribution in [3.63, 3.8) is 0 Å². The maximum atomic E-state index is 12.5. The Bertz CT molecular complexity index is 734. The average Bonchev–Trinajstić information content (AvgIpc) is 2.57. The van der Waals surface area contributed by atoms with E-state index in [1.54, 1.807) is 30.5 Å². The molecule has 3 rings (SSSR count). The highest BCUT2D eigenvalue weighted by molar-refractivity contribution is 6.36. The highest BCUT2D eigenvalue weighted by Crippen LogP contribution is 2.28. The van der Waals surface area contributed by atoms with Gasteiger partial charge in [0.15, 0.2) is 0 Å². The summed E-state index contributed by atoms with van der Waals surface area (Å²) >= 11 is 12.0. The Labute approximate surface area is 151 Å². The van der Waals surface area contributed by atoms with Crippen molar-refractivity contribution in [2.24, 2.45) is 5.92 Å². The highest BCUT2D eigenvalue weighted by atomic mass is 35.5. The van der Waals surface area contributed by atoms with Gasteiger partial charge in [0, 0.05) is 18.1 Å². The number of piperidine rings is 1. The van der Waals surface area contributed by atoms with Gasteiger partial charge in [0.25, 0.3) is 5.91 Å². The second-order valence-electron chi connectivity index (χ2n) is 6.18. The maximum absolute atomic E-state index is 12.5. The SMILES string of the molecule is CC1CCCN(C(=O)c2ccc(Nc3ccc(Cl)cc3Cl)cn2)C1. The van der Waals surface area contributed by atoms with E-state index in [2.05, 4.69) is 17.2 Å². The molecule has 2 aromatic rings. The van der Waals surface area contributed by atoms with Crippen LogP contribution in [0, 0.1) is 5.92 Å². The van der Waals surface area contributed by atoms with E-state index in [0.717, 1.165) is 30.9 Å². The van der Waals surface area contributed by atoms with Crippen molar-refractivity contribution in [1.29, 1.82) is 0 Å². The summed E-state index contributed by atoms with van der Waals surface area (Å²) in [6, 6.07) is 8.82. The molecule has 0 spiro atoms. The fourth-order valence-electron chi connectivity index (χ4n) is 2.88. The Morgan fingerprint density at radius 1 is 1.29 bits per heavy atom. The molecule has 1 saturated heterocycles. The van der Waals surface area contributed by atoms with Crippen molar-refractivity contribution in [3.05, 3.63) is 52.3 Å². The number of carbonyl (C=O) groups excluding carboxylic acids is 1. The van der Waals surface area contributed by atoms with E-state index in [9.17, 15) is 4.79 Å². The number of pyridine rings is 1. The predicted octanol–water partition coefficient (Wildman–Crippen LogP) is 5.00. The van der Waals surface area contributed by atoms with Crippen molar-refractivity contribution >= 4 is 40.5 Å². The lowest BCUT2D eigenvalue weighted by atomic mass is 10.00. The molecule has 2 heterocycles. The molecule has 1 amide bonds. The van der Waals surface area contributed by atoms with Gasteiger partial charge in [0.05, 0.1) is 22.6 Å². The van der Waals surface area contributed by atoms with Crippen LogP contribution in [0.3, 0.4) is 0 Å². The molecule has 1 aliphatic heterocycles. The van der Waals surface area contributed by atoms with Gasteiger partial charge in [-0.15, -0.1) is 0 Å². The molecule has 0 bridgehead atoms. The first kappa shape index (κ1) is 17.1. The molecule has 1 aliphatic rings. The molecule has 1 N–H and O–H groups in total. The second kappa shape index (κ2) is 7.41. The molecule has 1 unspecified atom stereocenters. The Hall–Kier alpha value is -1.78. The number of anilines is 2. The van der Waals surface area contributed by atoms with Crippen LogP contribution in [0.2, 0.25) is 10.0 Å². The normalized spacial score (nSPS) is 17.6. The van der Waals surface area contributed by atoms with Gasteiger partial charge in [-0.05, 0) is 49.1 Å². The van der Waals surface area contributed by atoms with Crippen LogP contribution in [0.25, 0.3) is 0 Å². The minimum atomic E-state index is -0.00220. The van der Waals surface area contributed by atoms with Crippen LogP contribution in [0.5, 0.6) is 0 Å². The third-order valence-electron chi connectivity index (χ3n) is 4.14. The van der Waals surface area contributed by atoms with E-state index in [1.807, 2.05) is 11.0 Å². The van der Waals surface area contributed by atoms with Crippen molar-refractivity contribution < 1.29 is 4.79 Å². The quantitative estimate of drug-likeness (QED) is 0.833. The Morgan fingerprint density at radius 2 is 2.12 bits per heavy atom. The summed E-state index contributed by atoms with van der Waals surface area (Å²) in [5.74, 6) is 0.549. The monoisotopic (exact) mass is 363 g/mol. The van der Waals surface area contributed by atoms with Gasteiger partial charge in [-0.3, -0.25) is 4.79 Å². The number of rotatable bonds is 3. The van der Waals surface area contributed by atoms with Crippen LogP contribution in [-0.4, -0.2) is 28.9 Å². The van der Waals surface area contributed by atoms with Crippen LogP contribution in [-0.2, 0) is 0 Å². The summed E-state index contributed by atoms with van der Waals surface area (Å²) in [5, 5.41) is 4.29. The zero-order chi connectivity index (χ0) is 17.1.